The Labute approximate surface area is 153 Å². The SMILES string of the molecule is O=C(NCc1ccc(N2CCOCC2)nc1)c1cc(O)cc(C(F)(F)F)c1. The molecule has 27 heavy (non-hydrogen) atoms. The molecule has 1 saturated heterocycles. The highest BCUT2D eigenvalue weighted by atomic mass is 19.4. The Hall–Kier alpha value is -2.81. The number of aromatic nitrogens is 1. The van der Waals surface area contributed by atoms with Crippen LogP contribution in [0.2, 0.25) is 0 Å². The Morgan fingerprint density at radius 1 is 1.22 bits per heavy atom. The molecule has 0 bridgehead atoms. The van der Waals surface area contributed by atoms with E-state index in [0.29, 0.717) is 30.9 Å². The number of phenols is 1. The molecular formula is C18H18F3N3O3. The molecule has 1 amide bonds. The molecule has 0 aliphatic carbocycles. The fourth-order valence-corrected chi connectivity index (χ4v) is 2.69. The molecule has 1 aromatic carbocycles. The van der Waals surface area contributed by atoms with Gasteiger partial charge in [-0.15, -0.1) is 0 Å². The molecule has 6 nitrogen and oxygen atoms in total. The van der Waals surface area contributed by atoms with E-state index in [0.717, 1.165) is 25.0 Å². The first-order chi connectivity index (χ1) is 12.8. The molecular weight excluding hydrogens is 363 g/mol. The predicted octanol–water partition coefficient (Wildman–Crippen LogP) is 2.57. The monoisotopic (exact) mass is 381 g/mol. The lowest BCUT2D eigenvalue weighted by Crippen LogP contribution is -2.36. The highest BCUT2D eigenvalue weighted by Gasteiger charge is 2.31. The number of aromatic hydroxyl groups is 1. The van der Waals surface area contributed by atoms with Crippen molar-refractivity contribution in [3.05, 3.63) is 53.2 Å². The molecule has 3 rings (SSSR count). The third-order valence-electron chi connectivity index (χ3n) is 4.10. The molecule has 144 valence electrons. The minimum atomic E-state index is -4.65. The molecule has 0 unspecified atom stereocenters. The number of phenolic OH excluding ortho intramolecular Hbond substituents is 1. The van der Waals surface area contributed by atoms with Crippen molar-refractivity contribution >= 4 is 11.7 Å². The predicted molar refractivity (Wildman–Crippen MR) is 91.5 cm³/mol. The summed E-state index contributed by atoms with van der Waals surface area (Å²) in [5, 5.41) is 12.0. The van der Waals surface area contributed by atoms with E-state index in [4.69, 9.17) is 4.74 Å². The number of nitrogens with one attached hydrogen (secondary N) is 1. The summed E-state index contributed by atoms with van der Waals surface area (Å²) in [4.78, 5) is 18.6. The molecule has 2 heterocycles. The maximum absolute atomic E-state index is 12.8. The van der Waals surface area contributed by atoms with Crippen molar-refractivity contribution in [2.75, 3.05) is 31.2 Å². The van der Waals surface area contributed by atoms with Crippen LogP contribution in [0.5, 0.6) is 5.75 Å². The smallest absolute Gasteiger partial charge is 0.416 e. The molecule has 2 aromatic rings. The molecule has 0 radical (unpaired) electrons. The Morgan fingerprint density at radius 2 is 1.96 bits per heavy atom. The fraction of sp³-hybridized carbons (Fsp3) is 0.333. The summed E-state index contributed by atoms with van der Waals surface area (Å²) in [7, 11) is 0. The van der Waals surface area contributed by atoms with Crippen molar-refractivity contribution < 1.29 is 27.8 Å². The number of morpholine rings is 1. The first-order valence-electron chi connectivity index (χ1n) is 8.30. The largest absolute Gasteiger partial charge is 0.508 e. The van der Waals surface area contributed by atoms with Gasteiger partial charge in [0.1, 0.15) is 11.6 Å². The molecule has 9 heteroatoms. The van der Waals surface area contributed by atoms with E-state index < -0.39 is 23.4 Å². The Morgan fingerprint density at radius 3 is 2.59 bits per heavy atom. The van der Waals surface area contributed by atoms with E-state index in [-0.39, 0.29) is 12.1 Å². The summed E-state index contributed by atoms with van der Waals surface area (Å²) < 4.78 is 43.7. The Balaban J connectivity index is 1.63. The number of pyridine rings is 1. The van der Waals surface area contributed by atoms with Gasteiger partial charge in [0.2, 0.25) is 0 Å². The van der Waals surface area contributed by atoms with E-state index in [1.165, 1.54) is 0 Å². The van der Waals surface area contributed by atoms with Gasteiger partial charge in [-0.25, -0.2) is 4.98 Å². The van der Waals surface area contributed by atoms with Crippen LogP contribution in [0.1, 0.15) is 21.5 Å². The van der Waals surface area contributed by atoms with E-state index >= 15 is 0 Å². The highest BCUT2D eigenvalue weighted by Crippen LogP contribution is 2.32. The number of alkyl halides is 3. The van der Waals surface area contributed by atoms with Gasteiger partial charge in [-0.2, -0.15) is 13.2 Å². The van der Waals surface area contributed by atoms with Crippen molar-refractivity contribution in [1.29, 1.82) is 0 Å². The maximum Gasteiger partial charge on any atom is 0.416 e. The molecule has 1 aromatic heterocycles. The maximum atomic E-state index is 12.8. The van der Waals surface area contributed by atoms with Crippen molar-refractivity contribution in [2.24, 2.45) is 0 Å². The minimum absolute atomic E-state index is 0.103. The number of halogens is 3. The molecule has 0 saturated carbocycles. The van der Waals surface area contributed by atoms with Gasteiger partial charge in [0.05, 0.1) is 18.8 Å². The average Bonchev–Trinajstić information content (AvgIpc) is 2.66. The van der Waals surface area contributed by atoms with Gasteiger partial charge in [-0.3, -0.25) is 4.79 Å². The van der Waals surface area contributed by atoms with Crippen LogP contribution in [0.3, 0.4) is 0 Å². The van der Waals surface area contributed by atoms with Crippen molar-refractivity contribution in [1.82, 2.24) is 10.3 Å². The fourth-order valence-electron chi connectivity index (χ4n) is 2.69. The standard InChI is InChI=1S/C18H18F3N3O3/c19-18(20,21)14-7-13(8-15(25)9-14)17(26)23-11-12-1-2-16(22-10-12)24-3-5-27-6-4-24/h1-2,7-10,25H,3-6,11H2,(H,23,26). The van der Waals surface area contributed by atoms with E-state index in [1.54, 1.807) is 12.3 Å². The van der Waals surface area contributed by atoms with Crippen molar-refractivity contribution in [3.63, 3.8) is 0 Å². The third kappa shape index (κ3) is 4.88. The number of hydrogen-bond acceptors (Lipinski definition) is 5. The van der Waals surface area contributed by atoms with E-state index in [1.807, 2.05) is 6.07 Å². The second-order valence-electron chi connectivity index (χ2n) is 6.07. The quantitative estimate of drug-likeness (QED) is 0.852. The first-order valence-corrected chi connectivity index (χ1v) is 8.30. The number of hydrogen-bond donors (Lipinski definition) is 2. The summed E-state index contributed by atoms with van der Waals surface area (Å²) in [6.45, 7) is 2.89. The lowest BCUT2D eigenvalue weighted by Gasteiger charge is -2.27. The van der Waals surface area contributed by atoms with Gasteiger partial charge < -0.3 is 20.1 Å². The Kier molecular flexibility index (Phi) is 5.50. The van der Waals surface area contributed by atoms with Gasteiger partial charge in [0.25, 0.3) is 5.91 Å². The normalized spacial score (nSPS) is 14.9. The topological polar surface area (TPSA) is 74.7 Å². The summed E-state index contributed by atoms with van der Waals surface area (Å²) >= 11 is 0. The second kappa shape index (κ2) is 7.83. The zero-order valence-electron chi connectivity index (χ0n) is 14.3. The second-order valence-corrected chi connectivity index (χ2v) is 6.07. The average molecular weight is 381 g/mol. The van der Waals surface area contributed by atoms with Crippen LogP contribution >= 0.6 is 0 Å². The van der Waals surface area contributed by atoms with Gasteiger partial charge >= 0.3 is 6.18 Å². The number of nitrogens with zero attached hydrogens (tertiary/aromatic N) is 2. The zero-order valence-corrected chi connectivity index (χ0v) is 14.3. The highest BCUT2D eigenvalue weighted by molar-refractivity contribution is 5.94. The number of benzene rings is 1. The molecule has 2 N–H and O–H groups in total. The van der Waals surface area contributed by atoms with E-state index in [9.17, 15) is 23.1 Å². The number of rotatable bonds is 4. The molecule has 1 aliphatic rings. The van der Waals surface area contributed by atoms with Gasteiger partial charge in [-0.05, 0) is 29.8 Å². The van der Waals surface area contributed by atoms with Crippen molar-refractivity contribution in [3.8, 4) is 5.75 Å². The van der Waals surface area contributed by atoms with Crippen LogP contribution in [-0.2, 0) is 17.5 Å². The lowest BCUT2D eigenvalue weighted by atomic mass is 10.1. The van der Waals surface area contributed by atoms with Crippen LogP contribution in [0.25, 0.3) is 0 Å². The van der Waals surface area contributed by atoms with Gasteiger partial charge in [-0.1, -0.05) is 6.07 Å². The summed E-state index contributed by atoms with van der Waals surface area (Å²) in [5.41, 5.74) is -0.638. The molecule has 1 fully saturated rings. The van der Waals surface area contributed by atoms with Gasteiger partial charge in [0, 0.05) is 31.4 Å². The molecule has 0 atom stereocenters. The molecule has 0 spiro atoms. The van der Waals surface area contributed by atoms with Crippen LogP contribution in [0, 0.1) is 0 Å². The van der Waals surface area contributed by atoms with Gasteiger partial charge in [0.15, 0.2) is 0 Å². The zero-order chi connectivity index (χ0) is 19.4. The van der Waals surface area contributed by atoms with Crippen LogP contribution in [0.15, 0.2) is 36.5 Å². The first kappa shape index (κ1) is 19.0. The number of carbonyl (C=O) groups excluding carboxylic acids is 1. The summed E-state index contributed by atoms with van der Waals surface area (Å²) in [6, 6.07) is 5.88. The van der Waals surface area contributed by atoms with Crippen LogP contribution < -0.4 is 10.2 Å². The minimum Gasteiger partial charge on any atom is -0.508 e. The van der Waals surface area contributed by atoms with Crippen molar-refractivity contribution in [2.45, 2.75) is 12.7 Å². The van der Waals surface area contributed by atoms with Crippen LogP contribution in [-0.4, -0.2) is 42.3 Å². The van der Waals surface area contributed by atoms with Crippen LogP contribution in [0.4, 0.5) is 19.0 Å². The number of ether oxygens (including phenoxy) is 1. The number of carbonyl (C=O) groups is 1. The summed E-state index contributed by atoms with van der Waals surface area (Å²) in [5.74, 6) is -0.531. The summed E-state index contributed by atoms with van der Waals surface area (Å²) in [6.07, 6.45) is -3.04. The molecule has 1 aliphatic heterocycles. The Bertz CT molecular complexity index is 804. The third-order valence-corrected chi connectivity index (χ3v) is 4.10. The van der Waals surface area contributed by atoms with E-state index in [2.05, 4.69) is 15.2 Å². The number of anilines is 1. The lowest BCUT2D eigenvalue weighted by molar-refractivity contribution is -0.137. The number of amides is 1.